The monoisotopic (exact) mass is 337 g/mol. The summed E-state index contributed by atoms with van der Waals surface area (Å²) in [5.41, 5.74) is 3.25. The average molecular weight is 337 g/mol. The Kier molecular flexibility index (Phi) is 5.58. The first-order chi connectivity index (χ1) is 11.8. The molecule has 2 aromatic carbocycles. The van der Waals surface area contributed by atoms with Crippen LogP contribution in [0.1, 0.15) is 10.6 Å². The number of nitrogens with zero attached hydrogens (tertiary/aromatic N) is 1. The van der Waals surface area contributed by atoms with Crippen LogP contribution in [-0.2, 0) is 13.0 Å². The molecule has 0 fully saturated rings. The van der Waals surface area contributed by atoms with Crippen molar-refractivity contribution >= 4 is 17.4 Å². The number of hydrogen-bond acceptors (Lipinski definition) is 3. The van der Waals surface area contributed by atoms with Crippen molar-refractivity contribution in [1.82, 2.24) is 15.6 Å². The van der Waals surface area contributed by atoms with Crippen LogP contribution in [-0.4, -0.2) is 17.6 Å². The lowest BCUT2D eigenvalue weighted by atomic mass is 10.1. The van der Waals surface area contributed by atoms with E-state index in [0.29, 0.717) is 13.1 Å². The van der Waals surface area contributed by atoms with E-state index < -0.39 is 0 Å². The van der Waals surface area contributed by atoms with Gasteiger partial charge >= 0.3 is 6.03 Å². The summed E-state index contributed by atoms with van der Waals surface area (Å²) >= 11 is 1.55. The Morgan fingerprint density at radius 1 is 0.958 bits per heavy atom. The summed E-state index contributed by atoms with van der Waals surface area (Å²) in [5, 5.41) is 8.62. The Hall–Kier alpha value is -2.66. The Morgan fingerprint density at radius 2 is 1.67 bits per heavy atom. The van der Waals surface area contributed by atoms with E-state index in [9.17, 15) is 4.79 Å². The van der Waals surface area contributed by atoms with Gasteiger partial charge in [-0.3, -0.25) is 0 Å². The van der Waals surface area contributed by atoms with Crippen molar-refractivity contribution in [3.63, 3.8) is 0 Å². The van der Waals surface area contributed by atoms with Crippen LogP contribution in [0.15, 0.2) is 66.0 Å². The van der Waals surface area contributed by atoms with Gasteiger partial charge in [-0.2, -0.15) is 0 Å². The van der Waals surface area contributed by atoms with Crippen molar-refractivity contribution in [2.45, 2.75) is 13.0 Å². The molecule has 24 heavy (non-hydrogen) atoms. The molecule has 0 spiro atoms. The molecule has 0 bridgehead atoms. The van der Waals surface area contributed by atoms with Gasteiger partial charge in [-0.15, -0.1) is 11.3 Å². The number of thiazole rings is 1. The van der Waals surface area contributed by atoms with Gasteiger partial charge in [0.05, 0.1) is 12.2 Å². The second kappa shape index (κ2) is 8.26. The van der Waals surface area contributed by atoms with Gasteiger partial charge in [0, 0.05) is 17.5 Å². The number of carbonyl (C=O) groups excluding carboxylic acids is 1. The number of amides is 2. The Morgan fingerprint density at radius 3 is 2.42 bits per heavy atom. The fourth-order valence-corrected chi connectivity index (χ4v) is 3.06. The Balaban J connectivity index is 1.42. The molecule has 5 heteroatoms. The van der Waals surface area contributed by atoms with Gasteiger partial charge in [0.1, 0.15) is 5.01 Å². The van der Waals surface area contributed by atoms with Gasteiger partial charge in [0.2, 0.25) is 0 Å². The highest BCUT2D eigenvalue weighted by molar-refractivity contribution is 7.09. The summed E-state index contributed by atoms with van der Waals surface area (Å²) in [6.07, 6.45) is 0.823. The maximum absolute atomic E-state index is 11.8. The predicted molar refractivity (Wildman–Crippen MR) is 97.9 cm³/mol. The first-order valence-corrected chi connectivity index (χ1v) is 8.75. The predicted octanol–water partition coefficient (Wildman–Crippen LogP) is 3.85. The first-order valence-electron chi connectivity index (χ1n) is 7.87. The summed E-state index contributed by atoms with van der Waals surface area (Å²) in [5.74, 6) is 0. The molecule has 0 unspecified atom stereocenters. The van der Waals surface area contributed by atoms with Crippen molar-refractivity contribution in [1.29, 1.82) is 0 Å². The number of aromatic nitrogens is 1. The molecule has 1 heterocycles. The Bertz CT molecular complexity index is 772. The number of carbonyl (C=O) groups is 1. The lowest BCUT2D eigenvalue weighted by Crippen LogP contribution is -2.36. The van der Waals surface area contributed by atoms with E-state index >= 15 is 0 Å². The highest BCUT2D eigenvalue weighted by Crippen LogP contribution is 2.21. The van der Waals surface area contributed by atoms with Crippen molar-refractivity contribution in [3.8, 4) is 11.3 Å². The van der Waals surface area contributed by atoms with E-state index in [0.717, 1.165) is 22.7 Å². The van der Waals surface area contributed by atoms with Gasteiger partial charge < -0.3 is 10.6 Å². The minimum atomic E-state index is -0.164. The number of benzene rings is 2. The largest absolute Gasteiger partial charge is 0.338 e. The van der Waals surface area contributed by atoms with Crippen LogP contribution in [0.25, 0.3) is 11.3 Å². The summed E-state index contributed by atoms with van der Waals surface area (Å²) < 4.78 is 0. The van der Waals surface area contributed by atoms with E-state index in [2.05, 4.69) is 27.8 Å². The molecule has 0 aliphatic heterocycles. The molecule has 3 aromatic rings. The molecule has 0 saturated heterocycles. The van der Waals surface area contributed by atoms with Gasteiger partial charge in [-0.05, 0) is 12.0 Å². The van der Waals surface area contributed by atoms with Crippen molar-refractivity contribution in [2.24, 2.45) is 0 Å². The van der Waals surface area contributed by atoms with E-state index in [1.807, 2.05) is 53.9 Å². The standard InChI is InChI=1S/C19H19N3OS/c23-19(20-12-11-15-7-3-1-4-8-15)21-13-18-22-17(14-24-18)16-9-5-2-6-10-16/h1-10,14H,11-13H2,(H2,20,21,23). The van der Waals surface area contributed by atoms with Crippen LogP contribution in [0, 0.1) is 0 Å². The summed E-state index contributed by atoms with van der Waals surface area (Å²) in [6.45, 7) is 1.05. The molecule has 2 N–H and O–H groups in total. The van der Waals surface area contributed by atoms with Crippen molar-refractivity contribution in [3.05, 3.63) is 76.6 Å². The van der Waals surface area contributed by atoms with Gasteiger partial charge in [-0.25, -0.2) is 9.78 Å². The zero-order valence-corrected chi connectivity index (χ0v) is 14.1. The SMILES string of the molecule is O=C(NCCc1ccccc1)NCc1nc(-c2ccccc2)cs1. The molecule has 0 radical (unpaired) electrons. The fraction of sp³-hybridized carbons (Fsp3) is 0.158. The van der Waals surface area contributed by atoms with E-state index in [1.54, 1.807) is 11.3 Å². The fourth-order valence-electron chi connectivity index (χ4n) is 2.32. The van der Waals surface area contributed by atoms with Crippen LogP contribution < -0.4 is 10.6 Å². The first kappa shape index (κ1) is 16.2. The minimum Gasteiger partial charge on any atom is -0.338 e. The molecule has 122 valence electrons. The van der Waals surface area contributed by atoms with Crippen LogP contribution in [0.2, 0.25) is 0 Å². The van der Waals surface area contributed by atoms with E-state index in [4.69, 9.17) is 0 Å². The van der Waals surface area contributed by atoms with Crippen LogP contribution in [0.4, 0.5) is 4.79 Å². The molecule has 0 saturated carbocycles. The lowest BCUT2D eigenvalue weighted by molar-refractivity contribution is 0.240. The molecule has 1 aromatic heterocycles. The van der Waals surface area contributed by atoms with Crippen molar-refractivity contribution in [2.75, 3.05) is 6.54 Å². The topological polar surface area (TPSA) is 54.0 Å². The van der Waals surface area contributed by atoms with E-state index in [1.165, 1.54) is 5.56 Å². The van der Waals surface area contributed by atoms with Gasteiger partial charge in [0.25, 0.3) is 0 Å². The number of urea groups is 1. The molecule has 0 atom stereocenters. The van der Waals surface area contributed by atoms with Crippen LogP contribution in [0.3, 0.4) is 0 Å². The zero-order valence-electron chi connectivity index (χ0n) is 13.2. The highest BCUT2D eigenvalue weighted by atomic mass is 32.1. The summed E-state index contributed by atoms with van der Waals surface area (Å²) in [7, 11) is 0. The van der Waals surface area contributed by atoms with Crippen LogP contribution >= 0.6 is 11.3 Å². The average Bonchev–Trinajstić information content (AvgIpc) is 3.11. The summed E-state index contributed by atoms with van der Waals surface area (Å²) in [4.78, 5) is 16.4. The number of nitrogens with one attached hydrogen (secondary N) is 2. The maximum Gasteiger partial charge on any atom is 0.315 e. The molecule has 0 aliphatic rings. The minimum absolute atomic E-state index is 0.164. The smallest absolute Gasteiger partial charge is 0.315 e. The quantitative estimate of drug-likeness (QED) is 0.718. The van der Waals surface area contributed by atoms with E-state index in [-0.39, 0.29) is 6.03 Å². The highest BCUT2D eigenvalue weighted by Gasteiger charge is 2.06. The molecule has 2 amide bonds. The third-order valence-electron chi connectivity index (χ3n) is 3.56. The molecule has 4 nitrogen and oxygen atoms in total. The lowest BCUT2D eigenvalue weighted by Gasteiger charge is -2.06. The normalized spacial score (nSPS) is 10.3. The molecule has 0 aliphatic carbocycles. The van der Waals surface area contributed by atoms with Gasteiger partial charge in [0.15, 0.2) is 0 Å². The van der Waals surface area contributed by atoms with Gasteiger partial charge in [-0.1, -0.05) is 60.7 Å². The molecular weight excluding hydrogens is 318 g/mol. The number of hydrogen-bond donors (Lipinski definition) is 2. The van der Waals surface area contributed by atoms with Crippen LogP contribution in [0.5, 0.6) is 0 Å². The number of rotatable bonds is 6. The summed E-state index contributed by atoms with van der Waals surface area (Å²) in [6, 6.07) is 20.0. The molecular formula is C19H19N3OS. The second-order valence-corrected chi connectivity index (χ2v) is 6.28. The molecule has 3 rings (SSSR count). The Labute approximate surface area is 145 Å². The maximum atomic E-state index is 11.8. The third-order valence-corrected chi connectivity index (χ3v) is 4.41. The zero-order chi connectivity index (χ0) is 16.6. The second-order valence-electron chi connectivity index (χ2n) is 5.34. The van der Waals surface area contributed by atoms with Crippen molar-refractivity contribution < 1.29 is 4.79 Å². The third kappa shape index (κ3) is 4.67.